The van der Waals surface area contributed by atoms with Gasteiger partial charge >= 0.3 is 0 Å². The van der Waals surface area contributed by atoms with Crippen molar-refractivity contribution in [2.24, 2.45) is 0 Å². The quantitative estimate of drug-likeness (QED) is 0.642. The van der Waals surface area contributed by atoms with Crippen molar-refractivity contribution in [1.29, 1.82) is 0 Å². The van der Waals surface area contributed by atoms with Crippen LogP contribution >= 0.6 is 0 Å². The van der Waals surface area contributed by atoms with Crippen LogP contribution in [0.4, 0.5) is 0 Å². The first-order valence-corrected chi connectivity index (χ1v) is 6.75. The van der Waals surface area contributed by atoms with Gasteiger partial charge in [0.1, 0.15) is 0 Å². The molecule has 2 aliphatic rings. The van der Waals surface area contributed by atoms with Crippen LogP contribution in [0.1, 0.15) is 39.0 Å². The van der Waals surface area contributed by atoms with Crippen LogP contribution in [0, 0.1) is 11.8 Å². The van der Waals surface area contributed by atoms with E-state index in [-0.39, 0.29) is 11.9 Å². The molecule has 3 nitrogen and oxygen atoms in total. The SMILES string of the molecule is CC(=O)N1CCCC[C@@H]1C#CCN1CCCC1. The summed E-state index contributed by atoms with van der Waals surface area (Å²) in [6, 6.07) is 0.170. The number of carbonyl (C=O) groups is 1. The third kappa shape index (κ3) is 3.47. The lowest BCUT2D eigenvalue weighted by Gasteiger charge is -2.31. The number of rotatable bonds is 1. The van der Waals surface area contributed by atoms with E-state index in [9.17, 15) is 4.79 Å². The lowest BCUT2D eigenvalue weighted by atomic mass is 10.0. The molecule has 2 heterocycles. The largest absolute Gasteiger partial charge is 0.329 e. The summed E-state index contributed by atoms with van der Waals surface area (Å²) in [6.45, 7) is 5.80. The van der Waals surface area contributed by atoms with Crippen LogP contribution < -0.4 is 0 Å². The number of piperidine rings is 1. The van der Waals surface area contributed by atoms with Gasteiger partial charge < -0.3 is 4.90 Å². The molecule has 0 saturated carbocycles. The predicted molar refractivity (Wildman–Crippen MR) is 68.5 cm³/mol. The molecule has 0 unspecified atom stereocenters. The van der Waals surface area contributed by atoms with Crippen LogP contribution in [-0.2, 0) is 4.79 Å². The van der Waals surface area contributed by atoms with Crippen LogP contribution in [-0.4, -0.2) is 47.9 Å². The Labute approximate surface area is 104 Å². The molecule has 2 rings (SSSR count). The van der Waals surface area contributed by atoms with Crippen LogP contribution in [0.15, 0.2) is 0 Å². The summed E-state index contributed by atoms with van der Waals surface area (Å²) < 4.78 is 0. The van der Waals surface area contributed by atoms with Crippen molar-refractivity contribution in [3.8, 4) is 11.8 Å². The zero-order valence-corrected chi connectivity index (χ0v) is 10.7. The average Bonchev–Trinajstić information content (AvgIpc) is 2.82. The van der Waals surface area contributed by atoms with E-state index < -0.39 is 0 Å². The molecule has 1 amide bonds. The summed E-state index contributed by atoms with van der Waals surface area (Å²) in [4.78, 5) is 15.8. The smallest absolute Gasteiger partial charge is 0.220 e. The van der Waals surface area contributed by atoms with Crippen LogP contribution in [0.25, 0.3) is 0 Å². The molecule has 0 aromatic heterocycles. The Kier molecular flexibility index (Phi) is 4.44. The van der Waals surface area contributed by atoms with Gasteiger partial charge in [0.05, 0.1) is 12.6 Å². The summed E-state index contributed by atoms with van der Waals surface area (Å²) in [5.74, 6) is 6.73. The summed E-state index contributed by atoms with van der Waals surface area (Å²) >= 11 is 0. The molecule has 2 fully saturated rings. The standard InChI is InChI=1S/C14H22N2O/c1-13(17)16-12-3-2-7-14(16)8-6-11-15-9-4-5-10-15/h14H,2-5,7,9-12H2,1H3/t14-/m1/s1. The Morgan fingerprint density at radius 2 is 1.88 bits per heavy atom. The fraction of sp³-hybridized carbons (Fsp3) is 0.786. The molecular weight excluding hydrogens is 212 g/mol. The molecule has 2 saturated heterocycles. The highest BCUT2D eigenvalue weighted by molar-refractivity contribution is 5.74. The van der Waals surface area contributed by atoms with Crippen molar-refractivity contribution < 1.29 is 4.79 Å². The maximum Gasteiger partial charge on any atom is 0.220 e. The molecule has 17 heavy (non-hydrogen) atoms. The summed E-state index contributed by atoms with van der Waals surface area (Å²) in [6.07, 6.45) is 6.00. The number of nitrogens with zero attached hydrogens (tertiary/aromatic N) is 2. The molecule has 0 aromatic carbocycles. The molecule has 0 aromatic rings. The highest BCUT2D eigenvalue weighted by Gasteiger charge is 2.22. The van der Waals surface area contributed by atoms with Gasteiger partial charge in [-0.15, -0.1) is 0 Å². The molecule has 0 N–H and O–H groups in total. The Morgan fingerprint density at radius 1 is 1.18 bits per heavy atom. The maximum absolute atomic E-state index is 11.5. The topological polar surface area (TPSA) is 23.6 Å². The summed E-state index contributed by atoms with van der Waals surface area (Å²) in [5, 5.41) is 0. The summed E-state index contributed by atoms with van der Waals surface area (Å²) in [5.41, 5.74) is 0. The van der Waals surface area contributed by atoms with Crippen molar-refractivity contribution >= 4 is 5.91 Å². The van der Waals surface area contributed by atoms with Crippen molar-refractivity contribution in [3.63, 3.8) is 0 Å². The first-order chi connectivity index (χ1) is 8.27. The second-order valence-electron chi connectivity index (χ2n) is 5.03. The van der Waals surface area contributed by atoms with Gasteiger partial charge in [0, 0.05) is 13.5 Å². The van der Waals surface area contributed by atoms with Crippen molar-refractivity contribution in [2.45, 2.75) is 45.1 Å². The zero-order chi connectivity index (χ0) is 12.1. The van der Waals surface area contributed by atoms with E-state index in [1.165, 1.54) is 32.4 Å². The van der Waals surface area contributed by atoms with Crippen molar-refractivity contribution in [3.05, 3.63) is 0 Å². The third-order valence-corrected chi connectivity index (χ3v) is 3.68. The normalized spacial score (nSPS) is 25.5. The Hall–Kier alpha value is -1.01. The maximum atomic E-state index is 11.5. The highest BCUT2D eigenvalue weighted by atomic mass is 16.2. The first-order valence-electron chi connectivity index (χ1n) is 6.75. The van der Waals surface area contributed by atoms with Crippen LogP contribution in [0.3, 0.4) is 0 Å². The van der Waals surface area contributed by atoms with Gasteiger partial charge in [0.15, 0.2) is 0 Å². The van der Waals surface area contributed by atoms with Crippen LogP contribution in [0.2, 0.25) is 0 Å². The number of hydrogen-bond donors (Lipinski definition) is 0. The minimum Gasteiger partial charge on any atom is -0.329 e. The lowest BCUT2D eigenvalue weighted by Crippen LogP contribution is -2.41. The van der Waals surface area contributed by atoms with Gasteiger partial charge in [-0.05, 0) is 45.2 Å². The van der Waals surface area contributed by atoms with Gasteiger partial charge in [-0.3, -0.25) is 9.69 Å². The minimum absolute atomic E-state index is 0.170. The van der Waals surface area contributed by atoms with E-state index in [1.54, 1.807) is 6.92 Å². The number of likely N-dealkylation sites (tertiary alicyclic amines) is 2. The second-order valence-corrected chi connectivity index (χ2v) is 5.03. The molecule has 2 aliphatic heterocycles. The monoisotopic (exact) mass is 234 g/mol. The van der Waals surface area contributed by atoms with Gasteiger partial charge in [-0.25, -0.2) is 0 Å². The molecule has 94 valence electrons. The number of hydrogen-bond acceptors (Lipinski definition) is 2. The predicted octanol–water partition coefficient (Wildman–Crippen LogP) is 1.49. The van der Waals surface area contributed by atoms with Gasteiger partial charge in [0.25, 0.3) is 0 Å². The van der Waals surface area contributed by atoms with E-state index >= 15 is 0 Å². The molecule has 0 bridgehead atoms. The minimum atomic E-state index is 0.170. The zero-order valence-electron chi connectivity index (χ0n) is 10.7. The van der Waals surface area contributed by atoms with Gasteiger partial charge in [-0.2, -0.15) is 0 Å². The van der Waals surface area contributed by atoms with Crippen LogP contribution in [0.5, 0.6) is 0 Å². The Balaban J connectivity index is 1.86. The van der Waals surface area contributed by atoms with E-state index in [2.05, 4.69) is 16.7 Å². The average molecular weight is 234 g/mol. The highest BCUT2D eigenvalue weighted by Crippen LogP contribution is 2.16. The van der Waals surface area contributed by atoms with E-state index in [4.69, 9.17) is 0 Å². The second kappa shape index (κ2) is 6.07. The van der Waals surface area contributed by atoms with Gasteiger partial charge in [0.2, 0.25) is 5.91 Å². The number of carbonyl (C=O) groups excluding carboxylic acids is 1. The molecule has 1 atom stereocenters. The van der Waals surface area contributed by atoms with E-state index in [0.717, 1.165) is 25.9 Å². The Morgan fingerprint density at radius 3 is 2.59 bits per heavy atom. The molecule has 3 heteroatoms. The van der Waals surface area contributed by atoms with Gasteiger partial charge in [-0.1, -0.05) is 11.8 Å². The Bertz CT molecular complexity index is 323. The fourth-order valence-electron chi connectivity index (χ4n) is 2.67. The van der Waals surface area contributed by atoms with Crippen molar-refractivity contribution in [2.75, 3.05) is 26.2 Å². The summed E-state index contributed by atoms with van der Waals surface area (Å²) in [7, 11) is 0. The number of amides is 1. The fourth-order valence-corrected chi connectivity index (χ4v) is 2.67. The molecular formula is C14H22N2O. The van der Waals surface area contributed by atoms with E-state index in [0.29, 0.717) is 0 Å². The van der Waals surface area contributed by atoms with Crippen molar-refractivity contribution in [1.82, 2.24) is 9.80 Å². The lowest BCUT2D eigenvalue weighted by molar-refractivity contribution is -0.131. The molecule has 0 radical (unpaired) electrons. The first kappa shape index (κ1) is 12.4. The molecule has 0 aliphatic carbocycles. The van der Waals surface area contributed by atoms with E-state index in [1.807, 2.05) is 4.90 Å². The molecule has 0 spiro atoms. The third-order valence-electron chi connectivity index (χ3n) is 3.68.